The van der Waals surface area contributed by atoms with Crippen molar-refractivity contribution >= 4 is 5.78 Å². The summed E-state index contributed by atoms with van der Waals surface area (Å²) >= 11 is 0. The van der Waals surface area contributed by atoms with Gasteiger partial charge in [-0.15, -0.1) is 6.42 Å². The molecule has 0 radical (unpaired) electrons. The molecule has 0 N–H and O–H groups in total. The number of carbonyl (C=O) groups is 1. The molecule has 3 nitrogen and oxygen atoms in total. The number of hydrogen-bond donors (Lipinski definition) is 0. The number of nitrogens with zero attached hydrogens (tertiary/aromatic N) is 1. The lowest BCUT2D eigenvalue weighted by Gasteiger charge is -2.25. The lowest BCUT2D eigenvalue weighted by molar-refractivity contribution is -0.120. The molecule has 0 aliphatic carbocycles. The molecule has 1 saturated heterocycles. The first kappa shape index (κ1) is 9.24. The molecule has 1 fully saturated rings. The van der Waals surface area contributed by atoms with Crippen molar-refractivity contribution in [2.45, 2.75) is 6.42 Å². The van der Waals surface area contributed by atoms with Crippen LogP contribution in [0.25, 0.3) is 0 Å². The van der Waals surface area contributed by atoms with Crippen molar-refractivity contribution in [3.05, 3.63) is 0 Å². The van der Waals surface area contributed by atoms with Gasteiger partial charge in [0.2, 0.25) is 0 Å². The van der Waals surface area contributed by atoms with Crippen LogP contribution >= 0.6 is 0 Å². The highest BCUT2D eigenvalue weighted by Crippen LogP contribution is 1.97. The highest BCUT2D eigenvalue weighted by atomic mass is 16.5. The van der Waals surface area contributed by atoms with Gasteiger partial charge in [0.25, 0.3) is 0 Å². The molecular weight excluding hydrogens is 154 g/mol. The lowest BCUT2D eigenvalue weighted by Crippen LogP contribution is -2.39. The molecule has 0 saturated carbocycles. The molecule has 0 spiro atoms. The Balaban J connectivity index is 2.21. The fraction of sp³-hybridized carbons (Fsp3) is 0.667. The molecule has 66 valence electrons. The van der Waals surface area contributed by atoms with Crippen LogP contribution in [0, 0.1) is 12.3 Å². The van der Waals surface area contributed by atoms with Crippen molar-refractivity contribution < 1.29 is 9.53 Å². The third-order valence-corrected chi connectivity index (χ3v) is 1.80. The number of Topliss-reactive ketones (excluding diaryl/α,β-unsaturated/α-hetero) is 1. The van der Waals surface area contributed by atoms with Gasteiger partial charge in [-0.3, -0.25) is 9.69 Å². The van der Waals surface area contributed by atoms with Gasteiger partial charge in [-0.1, -0.05) is 5.92 Å². The van der Waals surface area contributed by atoms with Crippen molar-refractivity contribution in [3.8, 4) is 12.3 Å². The maximum Gasteiger partial charge on any atom is 0.158 e. The molecule has 3 heteroatoms. The monoisotopic (exact) mass is 167 g/mol. The van der Waals surface area contributed by atoms with E-state index < -0.39 is 0 Å². The van der Waals surface area contributed by atoms with Crippen LogP contribution in [0.1, 0.15) is 6.42 Å². The zero-order valence-corrected chi connectivity index (χ0v) is 7.08. The van der Waals surface area contributed by atoms with E-state index in [0.717, 1.165) is 26.3 Å². The van der Waals surface area contributed by atoms with Crippen LogP contribution in [0.15, 0.2) is 0 Å². The van der Waals surface area contributed by atoms with E-state index in [1.807, 2.05) is 0 Å². The van der Waals surface area contributed by atoms with Gasteiger partial charge in [0, 0.05) is 13.1 Å². The molecule has 0 amide bonds. The molecule has 1 aliphatic heterocycles. The normalized spacial score (nSPS) is 18.6. The standard InChI is InChI=1S/C9H13NO2/c1-2-3-9(11)8-10-4-6-12-7-5-10/h1H,3-8H2. The number of ketones is 1. The Morgan fingerprint density at radius 3 is 2.75 bits per heavy atom. The number of terminal acetylenes is 1. The van der Waals surface area contributed by atoms with E-state index in [1.54, 1.807) is 0 Å². The van der Waals surface area contributed by atoms with Crippen LogP contribution in [-0.4, -0.2) is 43.5 Å². The minimum Gasteiger partial charge on any atom is -0.379 e. The predicted octanol–water partition coefficient (Wildman–Crippen LogP) is -0.0890. The van der Waals surface area contributed by atoms with E-state index in [2.05, 4.69) is 10.8 Å². The van der Waals surface area contributed by atoms with E-state index in [0.29, 0.717) is 6.54 Å². The van der Waals surface area contributed by atoms with Gasteiger partial charge >= 0.3 is 0 Å². The Hall–Kier alpha value is -0.850. The highest BCUT2D eigenvalue weighted by Gasteiger charge is 2.12. The first-order chi connectivity index (χ1) is 5.83. The first-order valence-corrected chi connectivity index (χ1v) is 4.08. The first-order valence-electron chi connectivity index (χ1n) is 4.08. The zero-order valence-electron chi connectivity index (χ0n) is 7.08. The summed E-state index contributed by atoms with van der Waals surface area (Å²) in [6.45, 7) is 3.62. The summed E-state index contributed by atoms with van der Waals surface area (Å²) in [5, 5.41) is 0. The second-order valence-corrected chi connectivity index (χ2v) is 2.81. The average Bonchev–Trinajstić information content (AvgIpc) is 2.06. The summed E-state index contributed by atoms with van der Waals surface area (Å²) in [6.07, 6.45) is 5.27. The summed E-state index contributed by atoms with van der Waals surface area (Å²) < 4.78 is 5.15. The van der Waals surface area contributed by atoms with E-state index in [9.17, 15) is 4.79 Å². The molecule has 0 atom stereocenters. The largest absolute Gasteiger partial charge is 0.379 e. The maximum atomic E-state index is 11.1. The highest BCUT2D eigenvalue weighted by molar-refractivity contribution is 5.82. The summed E-state index contributed by atoms with van der Waals surface area (Å²) in [5.41, 5.74) is 0. The number of ether oxygens (including phenoxy) is 1. The quantitative estimate of drug-likeness (QED) is 0.550. The molecule has 1 aliphatic rings. The fourth-order valence-electron chi connectivity index (χ4n) is 1.18. The molecule has 1 rings (SSSR count). The van der Waals surface area contributed by atoms with Crippen molar-refractivity contribution in [2.75, 3.05) is 32.8 Å². The summed E-state index contributed by atoms with van der Waals surface area (Å²) in [6, 6.07) is 0. The minimum absolute atomic E-state index is 0.124. The molecule has 0 aromatic rings. The number of hydrogen-bond acceptors (Lipinski definition) is 3. The van der Waals surface area contributed by atoms with Gasteiger partial charge in [-0.05, 0) is 0 Å². The number of rotatable bonds is 3. The van der Waals surface area contributed by atoms with Crippen LogP contribution < -0.4 is 0 Å². The zero-order chi connectivity index (χ0) is 8.81. The SMILES string of the molecule is C#CCC(=O)CN1CCOCC1. The topological polar surface area (TPSA) is 29.5 Å². The van der Waals surface area contributed by atoms with E-state index in [1.165, 1.54) is 0 Å². The maximum absolute atomic E-state index is 11.1. The van der Waals surface area contributed by atoms with Crippen molar-refractivity contribution in [2.24, 2.45) is 0 Å². The van der Waals surface area contributed by atoms with Crippen LogP contribution in [-0.2, 0) is 9.53 Å². The van der Waals surface area contributed by atoms with Crippen LogP contribution in [0.3, 0.4) is 0 Å². The van der Waals surface area contributed by atoms with Gasteiger partial charge in [-0.25, -0.2) is 0 Å². The number of morpholine rings is 1. The molecule has 0 aromatic carbocycles. The summed E-state index contributed by atoms with van der Waals surface area (Å²) in [5.74, 6) is 2.47. The fourth-order valence-corrected chi connectivity index (χ4v) is 1.18. The molecule has 12 heavy (non-hydrogen) atoms. The number of carbonyl (C=O) groups excluding carboxylic acids is 1. The Bertz CT molecular complexity index is 189. The average molecular weight is 167 g/mol. The van der Waals surface area contributed by atoms with Crippen LogP contribution in [0.2, 0.25) is 0 Å². The van der Waals surface area contributed by atoms with Gasteiger partial charge < -0.3 is 4.74 Å². The Kier molecular flexibility index (Phi) is 3.78. The van der Waals surface area contributed by atoms with Gasteiger partial charge in [-0.2, -0.15) is 0 Å². The molecule has 0 unspecified atom stereocenters. The smallest absolute Gasteiger partial charge is 0.158 e. The van der Waals surface area contributed by atoms with E-state index >= 15 is 0 Å². The van der Waals surface area contributed by atoms with Crippen molar-refractivity contribution in [1.29, 1.82) is 0 Å². The van der Waals surface area contributed by atoms with E-state index in [-0.39, 0.29) is 12.2 Å². The van der Waals surface area contributed by atoms with E-state index in [4.69, 9.17) is 11.2 Å². The summed E-state index contributed by atoms with van der Waals surface area (Å²) in [4.78, 5) is 13.2. The van der Waals surface area contributed by atoms with Crippen LogP contribution in [0.5, 0.6) is 0 Å². The lowest BCUT2D eigenvalue weighted by atomic mass is 10.2. The molecular formula is C9H13NO2. The molecule has 0 aromatic heterocycles. The Labute approximate surface area is 72.7 Å². The van der Waals surface area contributed by atoms with Gasteiger partial charge in [0.15, 0.2) is 5.78 Å². The Morgan fingerprint density at radius 2 is 2.17 bits per heavy atom. The minimum atomic E-state index is 0.124. The van der Waals surface area contributed by atoms with Crippen LogP contribution in [0.4, 0.5) is 0 Å². The van der Waals surface area contributed by atoms with Gasteiger partial charge in [0.05, 0.1) is 26.2 Å². The second-order valence-electron chi connectivity index (χ2n) is 2.81. The third kappa shape index (κ3) is 3.04. The molecule has 0 bridgehead atoms. The predicted molar refractivity (Wildman–Crippen MR) is 45.7 cm³/mol. The summed E-state index contributed by atoms with van der Waals surface area (Å²) in [7, 11) is 0. The Morgan fingerprint density at radius 1 is 1.50 bits per heavy atom. The third-order valence-electron chi connectivity index (χ3n) is 1.80. The van der Waals surface area contributed by atoms with Crippen molar-refractivity contribution in [1.82, 2.24) is 4.90 Å². The van der Waals surface area contributed by atoms with Gasteiger partial charge in [0.1, 0.15) is 0 Å². The van der Waals surface area contributed by atoms with Crippen molar-refractivity contribution in [3.63, 3.8) is 0 Å². The molecule has 1 heterocycles. The second kappa shape index (κ2) is 4.91.